The lowest BCUT2D eigenvalue weighted by atomic mass is 10.2. The Hall–Kier alpha value is -3.56. The zero-order valence-electron chi connectivity index (χ0n) is 13.9. The molecule has 0 aliphatic carbocycles. The van der Waals surface area contributed by atoms with Gasteiger partial charge in [0.25, 0.3) is 0 Å². The molecule has 2 aromatic carbocycles. The number of nitrogens with one attached hydrogen (secondary N) is 2. The van der Waals surface area contributed by atoms with Gasteiger partial charge in [-0.3, -0.25) is 9.59 Å². The standard InChI is InChI=1S/C17H14F3N3O4/c1-27-13-4-2-3-10(14(13)24)9-21-23-16(26)15(25)22-12-7-5-11(6-8-12)17(18,19)20/h2-9,24H,1H3,(H,22,25)(H,23,26). The predicted molar refractivity (Wildman–Crippen MR) is 90.5 cm³/mol. The first-order valence-corrected chi connectivity index (χ1v) is 7.40. The van der Waals surface area contributed by atoms with Crippen LogP contribution in [0.15, 0.2) is 47.6 Å². The van der Waals surface area contributed by atoms with E-state index in [0.29, 0.717) is 0 Å². The van der Waals surface area contributed by atoms with Gasteiger partial charge in [-0.25, -0.2) is 5.43 Å². The number of carbonyl (C=O) groups is 2. The van der Waals surface area contributed by atoms with Crippen molar-refractivity contribution in [1.82, 2.24) is 5.43 Å². The van der Waals surface area contributed by atoms with E-state index in [2.05, 4.69) is 10.4 Å². The summed E-state index contributed by atoms with van der Waals surface area (Å²) < 4.78 is 42.3. The highest BCUT2D eigenvalue weighted by Gasteiger charge is 2.30. The number of amides is 2. The van der Waals surface area contributed by atoms with Crippen LogP contribution in [0.4, 0.5) is 18.9 Å². The van der Waals surface area contributed by atoms with E-state index in [1.54, 1.807) is 6.07 Å². The number of phenolic OH excluding ortho intramolecular Hbond substituents is 1. The highest BCUT2D eigenvalue weighted by atomic mass is 19.4. The fourth-order valence-corrected chi connectivity index (χ4v) is 1.95. The second kappa shape index (κ2) is 8.21. The van der Waals surface area contributed by atoms with Gasteiger partial charge in [0.2, 0.25) is 0 Å². The molecule has 0 fully saturated rings. The van der Waals surface area contributed by atoms with Crippen LogP contribution in [-0.2, 0) is 15.8 Å². The van der Waals surface area contributed by atoms with E-state index >= 15 is 0 Å². The number of rotatable bonds is 4. The third-order valence-corrected chi connectivity index (χ3v) is 3.30. The number of hydrogen-bond donors (Lipinski definition) is 3. The molecule has 0 aromatic heterocycles. The molecule has 0 aliphatic rings. The third kappa shape index (κ3) is 5.21. The molecular weight excluding hydrogens is 367 g/mol. The number of methoxy groups -OCH3 is 1. The molecule has 0 heterocycles. The molecule has 0 aliphatic heterocycles. The first-order valence-electron chi connectivity index (χ1n) is 7.40. The van der Waals surface area contributed by atoms with Gasteiger partial charge in [0, 0.05) is 11.3 Å². The van der Waals surface area contributed by atoms with Crippen LogP contribution in [0.1, 0.15) is 11.1 Å². The molecule has 0 saturated carbocycles. The Labute approximate surface area is 151 Å². The second-order valence-corrected chi connectivity index (χ2v) is 5.13. The maximum Gasteiger partial charge on any atom is 0.416 e. The number of phenols is 1. The summed E-state index contributed by atoms with van der Waals surface area (Å²) in [5.41, 5.74) is 1.30. The summed E-state index contributed by atoms with van der Waals surface area (Å²) in [5.74, 6) is -2.27. The van der Waals surface area contributed by atoms with E-state index in [1.165, 1.54) is 19.2 Å². The number of anilines is 1. The van der Waals surface area contributed by atoms with Crippen molar-refractivity contribution in [3.8, 4) is 11.5 Å². The Kier molecular flexibility index (Phi) is 6.01. The first kappa shape index (κ1) is 19.8. The summed E-state index contributed by atoms with van der Waals surface area (Å²) in [6.45, 7) is 0. The number of hydrazone groups is 1. The number of benzene rings is 2. The molecule has 0 spiro atoms. The number of alkyl halides is 3. The average molecular weight is 381 g/mol. The molecule has 27 heavy (non-hydrogen) atoms. The maximum absolute atomic E-state index is 12.5. The molecule has 0 saturated heterocycles. The summed E-state index contributed by atoms with van der Waals surface area (Å²) in [6, 6.07) is 8.18. The molecule has 2 amide bonds. The lowest BCUT2D eigenvalue weighted by Crippen LogP contribution is -2.32. The van der Waals surface area contributed by atoms with Crippen LogP contribution >= 0.6 is 0 Å². The zero-order valence-corrected chi connectivity index (χ0v) is 13.9. The van der Waals surface area contributed by atoms with Crippen molar-refractivity contribution in [3.63, 3.8) is 0 Å². The fourth-order valence-electron chi connectivity index (χ4n) is 1.95. The summed E-state index contributed by atoms with van der Waals surface area (Å²) in [5, 5.41) is 15.5. The van der Waals surface area contributed by atoms with Gasteiger partial charge in [-0.1, -0.05) is 6.07 Å². The van der Waals surface area contributed by atoms with E-state index in [4.69, 9.17) is 4.74 Å². The Morgan fingerprint density at radius 1 is 1.11 bits per heavy atom. The molecule has 7 nitrogen and oxygen atoms in total. The van der Waals surface area contributed by atoms with Crippen LogP contribution in [0.5, 0.6) is 11.5 Å². The number of halogens is 3. The van der Waals surface area contributed by atoms with Crippen LogP contribution in [0.25, 0.3) is 0 Å². The van der Waals surface area contributed by atoms with E-state index < -0.39 is 23.6 Å². The number of nitrogens with zero attached hydrogens (tertiary/aromatic N) is 1. The van der Waals surface area contributed by atoms with Crippen LogP contribution in [-0.4, -0.2) is 30.2 Å². The first-order chi connectivity index (χ1) is 12.7. The molecule has 0 atom stereocenters. The van der Waals surface area contributed by atoms with Gasteiger partial charge >= 0.3 is 18.0 Å². The molecule has 142 valence electrons. The predicted octanol–water partition coefficient (Wildman–Crippen LogP) is 2.51. The maximum atomic E-state index is 12.5. The SMILES string of the molecule is COc1cccc(C=NNC(=O)C(=O)Nc2ccc(C(F)(F)F)cc2)c1O. The number of para-hydroxylation sites is 1. The minimum absolute atomic E-state index is 0.0116. The quantitative estimate of drug-likeness (QED) is 0.430. The largest absolute Gasteiger partial charge is 0.504 e. The van der Waals surface area contributed by atoms with E-state index in [-0.39, 0.29) is 22.7 Å². The fraction of sp³-hybridized carbons (Fsp3) is 0.118. The molecular formula is C17H14F3N3O4. The van der Waals surface area contributed by atoms with Crippen LogP contribution in [0, 0.1) is 0 Å². The zero-order chi connectivity index (χ0) is 20.0. The summed E-state index contributed by atoms with van der Waals surface area (Å²) in [4.78, 5) is 23.4. The number of ether oxygens (including phenoxy) is 1. The van der Waals surface area contributed by atoms with Crippen molar-refractivity contribution in [3.05, 3.63) is 53.6 Å². The molecule has 0 bridgehead atoms. The van der Waals surface area contributed by atoms with Crippen molar-refractivity contribution < 1.29 is 32.6 Å². The molecule has 10 heteroatoms. The van der Waals surface area contributed by atoms with Crippen molar-refractivity contribution in [1.29, 1.82) is 0 Å². The average Bonchev–Trinajstić information content (AvgIpc) is 2.62. The lowest BCUT2D eigenvalue weighted by Gasteiger charge is -2.08. The van der Waals surface area contributed by atoms with Crippen molar-refractivity contribution in [2.75, 3.05) is 12.4 Å². The lowest BCUT2D eigenvalue weighted by molar-refractivity contribution is -0.137. The highest BCUT2D eigenvalue weighted by Crippen LogP contribution is 2.30. The van der Waals surface area contributed by atoms with Crippen molar-refractivity contribution in [2.45, 2.75) is 6.18 Å². The van der Waals surface area contributed by atoms with Gasteiger partial charge in [-0.2, -0.15) is 18.3 Å². The summed E-state index contributed by atoms with van der Waals surface area (Å²) >= 11 is 0. The van der Waals surface area contributed by atoms with Gasteiger partial charge in [-0.15, -0.1) is 0 Å². The Bertz CT molecular complexity index is 865. The number of hydrogen-bond acceptors (Lipinski definition) is 5. The topological polar surface area (TPSA) is 100 Å². The minimum atomic E-state index is -4.50. The molecule has 2 aromatic rings. The molecule has 0 radical (unpaired) electrons. The monoisotopic (exact) mass is 381 g/mol. The van der Waals surface area contributed by atoms with Crippen molar-refractivity contribution >= 4 is 23.7 Å². The smallest absolute Gasteiger partial charge is 0.416 e. The van der Waals surface area contributed by atoms with Crippen LogP contribution in [0.3, 0.4) is 0 Å². The Balaban J connectivity index is 1.95. The van der Waals surface area contributed by atoms with E-state index in [0.717, 1.165) is 30.5 Å². The molecule has 2 rings (SSSR count). The summed E-state index contributed by atoms with van der Waals surface area (Å²) in [6.07, 6.45) is -3.40. The van der Waals surface area contributed by atoms with Crippen LogP contribution < -0.4 is 15.5 Å². The van der Waals surface area contributed by atoms with Crippen molar-refractivity contribution in [2.24, 2.45) is 5.10 Å². The second-order valence-electron chi connectivity index (χ2n) is 5.13. The van der Waals surface area contributed by atoms with Gasteiger partial charge in [-0.05, 0) is 36.4 Å². The number of aromatic hydroxyl groups is 1. The van der Waals surface area contributed by atoms with E-state index in [1.807, 2.05) is 5.43 Å². The number of carbonyl (C=O) groups excluding carboxylic acids is 2. The van der Waals surface area contributed by atoms with Gasteiger partial charge in [0.1, 0.15) is 0 Å². The Morgan fingerprint density at radius 3 is 2.37 bits per heavy atom. The molecule has 0 unspecified atom stereocenters. The normalized spacial score (nSPS) is 11.3. The van der Waals surface area contributed by atoms with E-state index in [9.17, 15) is 27.9 Å². The van der Waals surface area contributed by atoms with Gasteiger partial charge in [0.05, 0.1) is 18.9 Å². The van der Waals surface area contributed by atoms with Gasteiger partial charge in [0.15, 0.2) is 11.5 Å². The van der Waals surface area contributed by atoms with Crippen LogP contribution in [0.2, 0.25) is 0 Å². The Morgan fingerprint density at radius 2 is 1.78 bits per heavy atom. The minimum Gasteiger partial charge on any atom is -0.504 e. The van der Waals surface area contributed by atoms with Gasteiger partial charge < -0.3 is 15.2 Å². The highest BCUT2D eigenvalue weighted by molar-refractivity contribution is 6.39. The third-order valence-electron chi connectivity index (χ3n) is 3.30. The molecule has 3 N–H and O–H groups in total. The summed E-state index contributed by atoms with van der Waals surface area (Å²) in [7, 11) is 1.36.